The third-order valence-electron chi connectivity index (χ3n) is 4.43. The first-order valence-electron chi connectivity index (χ1n) is 7.23. The largest absolute Gasteiger partial charge is 0.324 e. The topological polar surface area (TPSA) is 29.3 Å². The number of nitrogens with zero attached hydrogens (tertiary/aromatic N) is 1. The molecule has 0 saturated heterocycles. The number of benzene rings is 1. The standard InChI is InChI=1S/C16H25IN2/c1-19(2)15-9-3-12(4-10-15)11-16(18)13-5-7-14(17)8-6-13/h5-8,12,15-16H,3-4,9-11,18H2,1-2H3. The van der Waals surface area contributed by atoms with E-state index in [1.807, 2.05) is 0 Å². The average Bonchev–Trinajstić information content (AvgIpc) is 2.40. The Morgan fingerprint density at radius 3 is 2.26 bits per heavy atom. The maximum atomic E-state index is 6.36. The predicted molar refractivity (Wildman–Crippen MR) is 90.1 cm³/mol. The van der Waals surface area contributed by atoms with Gasteiger partial charge in [-0.05, 0) is 92.4 Å². The Morgan fingerprint density at radius 1 is 1.16 bits per heavy atom. The number of hydrogen-bond acceptors (Lipinski definition) is 2. The minimum atomic E-state index is 0.206. The molecule has 0 radical (unpaired) electrons. The minimum absolute atomic E-state index is 0.206. The highest BCUT2D eigenvalue weighted by Gasteiger charge is 2.24. The van der Waals surface area contributed by atoms with E-state index in [0.29, 0.717) is 0 Å². The first-order chi connectivity index (χ1) is 9.06. The lowest BCUT2D eigenvalue weighted by molar-refractivity contribution is 0.184. The molecule has 1 atom stereocenters. The van der Waals surface area contributed by atoms with Gasteiger partial charge < -0.3 is 10.6 Å². The van der Waals surface area contributed by atoms with Gasteiger partial charge in [0.1, 0.15) is 0 Å². The van der Waals surface area contributed by atoms with Gasteiger partial charge in [0.2, 0.25) is 0 Å². The Morgan fingerprint density at radius 2 is 1.74 bits per heavy atom. The van der Waals surface area contributed by atoms with Crippen molar-refractivity contribution in [1.29, 1.82) is 0 Å². The Balaban J connectivity index is 1.83. The van der Waals surface area contributed by atoms with Gasteiger partial charge in [0.05, 0.1) is 0 Å². The lowest BCUT2D eigenvalue weighted by atomic mass is 9.81. The summed E-state index contributed by atoms with van der Waals surface area (Å²) in [5.74, 6) is 0.811. The van der Waals surface area contributed by atoms with Crippen molar-refractivity contribution in [2.75, 3.05) is 14.1 Å². The summed E-state index contributed by atoms with van der Waals surface area (Å²) in [4.78, 5) is 2.37. The molecule has 1 aromatic carbocycles. The molecular formula is C16H25IN2. The first kappa shape index (κ1) is 15.3. The lowest BCUT2D eigenvalue weighted by Crippen LogP contribution is -2.32. The molecule has 2 rings (SSSR count). The number of halogens is 1. The van der Waals surface area contributed by atoms with Gasteiger partial charge in [-0.25, -0.2) is 0 Å². The first-order valence-corrected chi connectivity index (χ1v) is 8.31. The molecular weight excluding hydrogens is 347 g/mol. The van der Waals surface area contributed by atoms with Gasteiger partial charge in [0.25, 0.3) is 0 Å². The van der Waals surface area contributed by atoms with E-state index in [1.165, 1.54) is 34.8 Å². The molecule has 0 heterocycles. The van der Waals surface area contributed by atoms with E-state index in [-0.39, 0.29) is 6.04 Å². The fourth-order valence-corrected chi connectivity index (χ4v) is 3.46. The summed E-state index contributed by atoms with van der Waals surface area (Å²) in [5.41, 5.74) is 7.64. The normalized spacial score (nSPS) is 25.5. The van der Waals surface area contributed by atoms with E-state index in [1.54, 1.807) is 0 Å². The maximum absolute atomic E-state index is 6.36. The third-order valence-corrected chi connectivity index (χ3v) is 5.15. The van der Waals surface area contributed by atoms with Gasteiger partial charge in [-0.1, -0.05) is 12.1 Å². The highest BCUT2D eigenvalue weighted by molar-refractivity contribution is 14.1. The van der Waals surface area contributed by atoms with E-state index in [2.05, 4.69) is 65.9 Å². The van der Waals surface area contributed by atoms with Crippen molar-refractivity contribution in [3.8, 4) is 0 Å². The summed E-state index contributed by atoms with van der Waals surface area (Å²) in [6.07, 6.45) is 6.47. The van der Waals surface area contributed by atoms with Gasteiger partial charge in [-0.3, -0.25) is 0 Å². The van der Waals surface area contributed by atoms with Gasteiger partial charge in [-0.15, -0.1) is 0 Å². The van der Waals surface area contributed by atoms with Crippen LogP contribution < -0.4 is 5.73 Å². The SMILES string of the molecule is CN(C)C1CCC(CC(N)c2ccc(I)cc2)CC1. The van der Waals surface area contributed by atoms with Crippen LogP contribution in [0, 0.1) is 9.49 Å². The second-order valence-electron chi connectivity index (χ2n) is 6.03. The van der Waals surface area contributed by atoms with E-state index in [0.717, 1.165) is 18.4 Å². The quantitative estimate of drug-likeness (QED) is 0.815. The molecule has 0 amide bonds. The number of hydrogen-bond donors (Lipinski definition) is 1. The van der Waals surface area contributed by atoms with Crippen LogP contribution in [0.4, 0.5) is 0 Å². The Labute approximate surface area is 130 Å². The molecule has 1 unspecified atom stereocenters. The van der Waals surface area contributed by atoms with Crippen LogP contribution in [0.2, 0.25) is 0 Å². The van der Waals surface area contributed by atoms with Crippen LogP contribution in [0.1, 0.15) is 43.7 Å². The summed E-state index contributed by atoms with van der Waals surface area (Å²) in [6, 6.07) is 9.65. The molecule has 1 fully saturated rings. The summed E-state index contributed by atoms with van der Waals surface area (Å²) < 4.78 is 1.28. The fourth-order valence-electron chi connectivity index (χ4n) is 3.10. The van der Waals surface area contributed by atoms with Crippen molar-refractivity contribution in [2.24, 2.45) is 11.7 Å². The van der Waals surface area contributed by atoms with Crippen molar-refractivity contribution in [1.82, 2.24) is 4.90 Å². The molecule has 1 saturated carbocycles. The molecule has 3 heteroatoms. The summed E-state index contributed by atoms with van der Waals surface area (Å²) in [7, 11) is 4.39. The van der Waals surface area contributed by atoms with Crippen molar-refractivity contribution >= 4 is 22.6 Å². The molecule has 1 aromatic rings. The van der Waals surface area contributed by atoms with E-state index >= 15 is 0 Å². The van der Waals surface area contributed by atoms with Crippen LogP contribution in [0.5, 0.6) is 0 Å². The summed E-state index contributed by atoms with van der Waals surface area (Å²) in [5, 5.41) is 0. The minimum Gasteiger partial charge on any atom is -0.324 e. The van der Waals surface area contributed by atoms with E-state index in [4.69, 9.17) is 5.73 Å². The maximum Gasteiger partial charge on any atom is 0.0297 e. The highest BCUT2D eigenvalue weighted by atomic mass is 127. The second kappa shape index (κ2) is 7.04. The van der Waals surface area contributed by atoms with Gasteiger partial charge >= 0.3 is 0 Å². The molecule has 1 aliphatic carbocycles. The fraction of sp³-hybridized carbons (Fsp3) is 0.625. The zero-order chi connectivity index (χ0) is 13.8. The molecule has 0 aromatic heterocycles. The van der Waals surface area contributed by atoms with Crippen molar-refractivity contribution in [2.45, 2.75) is 44.2 Å². The number of rotatable bonds is 4. The Kier molecular flexibility index (Phi) is 5.66. The molecule has 2 N–H and O–H groups in total. The van der Waals surface area contributed by atoms with Gasteiger partial charge in [0.15, 0.2) is 0 Å². The Bertz CT molecular complexity index is 380. The third kappa shape index (κ3) is 4.43. The van der Waals surface area contributed by atoms with Gasteiger partial charge in [-0.2, -0.15) is 0 Å². The number of nitrogens with two attached hydrogens (primary N) is 1. The molecule has 19 heavy (non-hydrogen) atoms. The monoisotopic (exact) mass is 372 g/mol. The smallest absolute Gasteiger partial charge is 0.0297 e. The molecule has 106 valence electrons. The molecule has 0 bridgehead atoms. The predicted octanol–water partition coefficient (Wildman–Crippen LogP) is 3.80. The average molecular weight is 372 g/mol. The van der Waals surface area contributed by atoms with Crippen LogP contribution in [0.15, 0.2) is 24.3 Å². The lowest BCUT2D eigenvalue weighted by Gasteiger charge is -2.33. The van der Waals surface area contributed by atoms with E-state index in [9.17, 15) is 0 Å². The van der Waals surface area contributed by atoms with Crippen LogP contribution in [-0.2, 0) is 0 Å². The molecule has 1 aliphatic rings. The van der Waals surface area contributed by atoms with Crippen molar-refractivity contribution in [3.05, 3.63) is 33.4 Å². The zero-order valence-electron chi connectivity index (χ0n) is 12.0. The van der Waals surface area contributed by atoms with E-state index < -0.39 is 0 Å². The van der Waals surface area contributed by atoms with Crippen LogP contribution in [0.3, 0.4) is 0 Å². The molecule has 2 nitrogen and oxygen atoms in total. The van der Waals surface area contributed by atoms with Crippen LogP contribution in [0.25, 0.3) is 0 Å². The summed E-state index contributed by atoms with van der Waals surface area (Å²) >= 11 is 2.34. The zero-order valence-corrected chi connectivity index (χ0v) is 14.1. The molecule has 0 spiro atoms. The van der Waals surface area contributed by atoms with Crippen LogP contribution in [-0.4, -0.2) is 25.0 Å². The summed E-state index contributed by atoms with van der Waals surface area (Å²) in [6.45, 7) is 0. The van der Waals surface area contributed by atoms with Crippen molar-refractivity contribution < 1.29 is 0 Å². The van der Waals surface area contributed by atoms with Crippen LogP contribution >= 0.6 is 22.6 Å². The molecule has 0 aliphatic heterocycles. The Hall–Kier alpha value is -0.130. The second-order valence-corrected chi connectivity index (χ2v) is 7.28. The van der Waals surface area contributed by atoms with Gasteiger partial charge in [0, 0.05) is 15.7 Å². The highest BCUT2D eigenvalue weighted by Crippen LogP contribution is 2.32. The van der Waals surface area contributed by atoms with Crippen molar-refractivity contribution in [3.63, 3.8) is 0 Å².